The maximum absolute atomic E-state index is 12.4. The van der Waals surface area contributed by atoms with E-state index >= 15 is 0 Å². The van der Waals surface area contributed by atoms with E-state index in [1.54, 1.807) is 19.2 Å². The highest BCUT2D eigenvalue weighted by Crippen LogP contribution is 2.25. The molecule has 1 amide bonds. The van der Waals surface area contributed by atoms with E-state index in [1.807, 2.05) is 35.2 Å². The number of carbonyl (C=O) groups excluding carboxylic acids is 2. The number of esters is 1. The number of rotatable bonds is 10. The molecule has 1 heterocycles. The minimum atomic E-state index is -0.354. The molecule has 0 N–H and O–H groups in total. The van der Waals surface area contributed by atoms with Gasteiger partial charge in [0.25, 0.3) is 0 Å². The summed E-state index contributed by atoms with van der Waals surface area (Å²) in [7, 11) is 3.03. The number of carbonyl (C=O) groups is 2. The molecule has 7 heteroatoms. The van der Waals surface area contributed by atoms with Crippen LogP contribution in [0.15, 0.2) is 48.5 Å². The van der Waals surface area contributed by atoms with E-state index in [4.69, 9.17) is 14.2 Å². The van der Waals surface area contributed by atoms with Crippen LogP contribution in [0.1, 0.15) is 47.9 Å². The molecule has 0 radical (unpaired) electrons. The summed E-state index contributed by atoms with van der Waals surface area (Å²) >= 11 is 0. The molecule has 184 valence electrons. The van der Waals surface area contributed by atoms with Crippen LogP contribution in [-0.4, -0.2) is 68.6 Å². The van der Waals surface area contributed by atoms with Crippen molar-refractivity contribution in [1.29, 1.82) is 0 Å². The fraction of sp³-hybridized carbons (Fsp3) is 0.481. The molecule has 0 saturated carbocycles. The summed E-state index contributed by atoms with van der Waals surface area (Å²) in [5.74, 6) is 1.05. The van der Waals surface area contributed by atoms with Crippen LogP contribution in [-0.2, 0) is 20.9 Å². The highest BCUT2D eigenvalue weighted by molar-refractivity contribution is 5.89. The van der Waals surface area contributed by atoms with Gasteiger partial charge < -0.3 is 19.1 Å². The third kappa shape index (κ3) is 7.30. The van der Waals surface area contributed by atoms with Gasteiger partial charge in [-0.3, -0.25) is 9.69 Å². The zero-order valence-electron chi connectivity index (χ0n) is 20.7. The van der Waals surface area contributed by atoms with Crippen molar-refractivity contribution >= 4 is 11.9 Å². The molecule has 2 aromatic rings. The molecule has 0 bridgehead atoms. The quantitative estimate of drug-likeness (QED) is 0.492. The second-order valence-electron chi connectivity index (χ2n) is 9.04. The lowest BCUT2D eigenvalue weighted by atomic mass is 10.1. The van der Waals surface area contributed by atoms with E-state index in [2.05, 4.69) is 24.8 Å². The van der Waals surface area contributed by atoms with Crippen LogP contribution in [0.4, 0.5) is 0 Å². The maximum Gasteiger partial charge on any atom is 0.337 e. The second-order valence-corrected chi connectivity index (χ2v) is 9.04. The Morgan fingerprint density at radius 3 is 2.29 bits per heavy atom. The van der Waals surface area contributed by atoms with Crippen LogP contribution < -0.4 is 4.74 Å². The van der Waals surface area contributed by atoms with Crippen molar-refractivity contribution in [3.05, 3.63) is 65.2 Å². The molecule has 1 atom stereocenters. The van der Waals surface area contributed by atoms with Crippen LogP contribution in [0.5, 0.6) is 5.75 Å². The molecule has 3 rings (SSSR count). The number of benzene rings is 2. The Balaban J connectivity index is 1.65. The zero-order valence-corrected chi connectivity index (χ0v) is 20.7. The lowest BCUT2D eigenvalue weighted by Crippen LogP contribution is -2.49. The number of nitrogens with zero attached hydrogens (tertiary/aromatic N) is 2. The Bertz CT molecular complexity index is 936. The summed E-state index contributed by atoms with van der Waals surface area (Å²) in [5.41, 5.74) is 2.54. The maximum atomic E-state index is 12.4. The summed E-state index contributed by atoms with van der Waals surface area (Å²) in [6.45, 7) is 8.41. The molecule has 0 spiro atoms. The van der Waals surface area contributed by atoms with Gasteiger partial charge in [-0.15, -0.1) is 0 Å². The van der Waals surface area contributed by atoms with Crippen molar-refractivity contribution in [2.24, 2.45) is 5.92 Å². The van der Waals surface area contributed by atoms with Gasteiger partial charge in [-0.2, -0.15) is 0 Å². The van der Waals surface area contributed by atoms with Crippen LogP contribution in [0.3, 0.4) is 0 Å². The first-order chi connectivity index (χ1) is 16.4. The lowest BCUT2D eigenvalue weighted by molar-refractivity contribution is -0.134. The minimum absolute atomic E-state index is 0.159. The number of hydrogen-bond acceptors (Lipinski definition) is 6. The normalized spacial score (nSPS) is 15.3. The van der Waals surface area contributed by atoms with Crippen molar-refractivity contribution in [3.63, 3.8) is 0 Å². The van der Waals surface area contributed by atoms with Gasteiger partial charge in [0.15, 0.2) is 0 Å². The Kier molecular flexibility index (Phi) is 9.48. The first kappa shape index (κ1) is 25.7. The Hall–Kier alpha value is -2.90. The largest absolute Gasteiger partial charge is 0.497 e. The summed E-state index contributed by atoms with van der Waals surface area (Å²) in [5, 5.41) is 0. The second kappa shape index (κ2) is 12.5. The average molecular weight is 469 g/mol. The van der Waals surface area contributed by atoms with Crippen LogP contribution >= 0.6 is 0 Å². The van der Waals surface area contributed by atoms with E-state index < -0.39 is 0 Å². The smallest absolute Gasteiger partial charge is 0.337 e. The number of piperazine rings is 1. The van der Waals surface area contributed by atoms with Gasteiger partial charge in [0.2, 0.25) is 5.91 Å². The molecule has 0 aliphatic carbocycles. The molecule has 1 aliphatic rings. The molecular weight excluding hydrogens is 432 g/mol. The van der Waals surface area contributed by atoms with Gasteiger partial charge in [0, 0.05) is 39.1 Å². The SMILES string of the molecule is COC(=O)c1ccc(CO[C@@H](CN2CCN(C(=O)CC(C)C)CC2)c2cccc(OC)c2)cc1. The van der Waals surface area contributed by atoms with E-state index in [1.165, 1.54) is 7.11 Å². The Morgan fingerprint density at radius 1 is 0.971 bits per heavy atom. The molecule has 1 saturated heterocycles. The zero-order chi connectivity index (χ0) is 24.5. The summed E-state index contributed by atoms with van der Waals surface area (Å²) < 4.78 is 16.6. The molecule has 0 unspecified atom stereocenters. The van der Waals surface area contributed by atoms with Crippen molar-refractivity contribution in [2.75, 3.05) is 46.9 Å². The molecule has 1 fully saturated rings. The standard InChI is InChI=1S/C27H36N2O5/c1-20(2)16-26(30)29-14-12-28(13-15-29)18-25(23-6-5-7-24(17-23)32-3)34-19-21-8-10-22(11-9-21)27(31)33-4/h5-11,17,20,25H,12-16,18-19H2,1-4H3/t25-/m0/s1. The summed E-state index contributed by atoms with van der Waals surface area (Å²) in [6.07, 6.45) is 0.443. The molecule has 7 nitrogen and oxygen atoms in total. The highest BCUT2D eigenvalue weighted by atomic mass is 16.5. The molecule has 1 aliphatic heterocycles. The van der Waals surface area contributed by atoms with Crippen molar-refractivity contribution in [2.45, 2.75) is 33.0 Å². The number of ether oxygens (including phenoxy) is 3. The van der Waals surface area contributed by atoms with Gasteiger partial charge in [-0.1, -0.05) is 38.1 Å². The molecular formula is C27H36N2O5. The van der Waals surface area contributed by atoms with Gasteiger partial charge in [-0.05, 0) is 41.3 Å². The minimum Gasteiger partial charge on any atom is -0.497 e. The van der Waals surface area contributed by atoms with E-state index in [0.717, 1.165) is 49.6 Å². The molecule has 0 aromatic heterocycles. The Morgan fingerprint density at radius 2 is 1.68 bits per heavy atom. The van der Waals surface area contributed by atoms with Gasteiger partial charge in [-0.25, -0.2) is 4.79 Å². The van der Waals surface area contributed by atoms with Crippen LogP contribution in [0.25, 0.3) is 0 Å². The van der Waals surface area contributed by atoms with Crippen LogP contribution in [0.2, 0.25) is 0 Å². The fourth-order valence-electron chi connectivity index (χ4n) is 4.04. The predicted octanol–water partition coefficient (Wildman–Crippen LogP) is 3.93. The monoisotopic (exact) mass is 468 g/mol. The average Bonchev–Trinajstić information content (AvgIpc) is 2.86. The van der Waals surface area contributed by atoms with Crippen molar-refractivity contribution < 1.29 is 23.8 Å². The van der Waals surface area contributed by atoms with Crippen molar-refractivity contribution in [3.8, 4) is 5.75 Å². The third-order valence-electron chi connectivity index (χ3n) is 6.02. The number of methoxy groups -OCH3 is 2. The first-order valence-electron chi connectivity index (χ1n) is 11.8. The van der Waals surface area contributed by atoms with E-state index in [0.29, 0.717) is 24.5 Å². The topological polar surface area (TPSA) is 68.3 Å². The lowest BCUT2D eigenvalue weighted by Gasteiger charge is -2.36. The Labute approximate surface area is 202 Å². The van der Waals surface area contributed by atoms with Crippen LogP contribution in [0, 0.1) is 5.92 Å². The summed E-state index contributed by atoms with van der Waals surface area (Å²) in [6, 6.07) is 15.2. The van der Waals surface area contributed by atoms with E-state index in [-0.39, 0.29) is 18.0 Å². The first-order valence-corrected chi connectivity index (χ1v) is 11.8. The molecule has 2 aromatic carbocycles. The molecule has 34 heavy (non-hydrogen) atoms. The van der Waals surface area contributed by atoms with Gasteiger partial charge in [0.1, 0.15) is 5.75 Å². The fourth-order valence-corrected chi connectivity index (χ4v) is 4.04. The van der Waals surface area contributed by atoms with Crippen molar-refractivity contribution in [1.82, 2.24) is 9.80 Å². The number of hydrogen-bond donors (Lipinski definition) is 0. The summed E-state index contributed by atoms with van der Waals surface area (Å²) in [4.78, 5) is 28.4. The third-order valence-corrected chi connectivity index (χ3v) is 6.02. The van der Waals surface area contributed by atoms with Gasteiger partial charge >= 0.3 is 5.97 Å². The van der Waals surface area contributed by atoms with E-state index in [9.17, 15) is 9.59 Å². The predicted molar refractivity (Wildman–Crippen MR) is 131 cm³/mol. The number of amides is 1. The highest BCUT2D eigenvalue weighted by Gasteiger charge is 2.24. The van der Waals surface area contributed by atoms with Gasteiger partial charge in [0.05, 0.1) is 32.5 Å².